The van der Waals surface area contributed by atoms with Crippen LogP contribution in [0.4, 0.5) is 0 Å². The molecule has 1 saturated heterocycles. The number of aromatic nitrogens is 2. The zero-order chi connectivity index (χ0) is 17.4. The Morgan fingerprint density at radius 3 is 3.08 bits per heavy atom. The first-order chi connectivity index (χ1) is 12.1. The Morgan fingerprint density at radius 2 is 2.28 bits per heavy atom. The summed E-state index contributed by atoms with van der Waals surface area (Å²) in [6, 6.07) is 5.42. The Bertz CT molecular complexity index is 846. The minimum atomic E-state index is -0.00413. The van der Waals surface area contributed by atoms with Crippen molar-refractivity contribution in [3.8, 4) is 5.75 Å². The van der Waals surface area contributed by atoms with Crippen LogP contribution in [0.5, 0.6) is 5.75 Å². The molecule has 1 aromatic heterocycles. The van der Waals surface area contributed by atoms with Gasteiger partial charge in [0.1, 0.15) is 12.4 Å². The number of aryl methyl sites for hydroxylation is 1. The molecule has 0 bridgehead atoms. The second kappa shape index (κ2) is 6.52. The lowest BCUT2D eigenvalue weighted by Gasteiger charge is -2.32. The molecule has 0 radical (unpaired) electrons. The molecule has 2 aromatic rings. The normalized spacial score (nSPS) is 19.8. The summed E-state index contributed by atoms with van der Waals surface area (Å²) in [6.07, 6.45) is 3.74. The van der Waals surface area contributed by atoms with E-state index in [-0.39, 0.29) is 18.4 Å². The molecule has 1 aromatic carbocycles. The van der Waals surface area contributed by atoms with E-state index in [1.165, 1.54) is 0 Å². The predicted octanol–water partition coefficient (Wildman–Crippen LogP) is 3.21. The number of fused-ring (bicyclic) bond motifs is 1. The van der Waals surface area contributed by atoms with Crippen LogP contribution in [-0.4, -0.2) is 40.6 Å². The standard InChI is InChI=1S/C18H18ClN3O3/c1-11-20-17(21-25-11)12-3-2-6-22(9-12)18(23)14-7-13-8-15(19)4-5-16(13)24-10-14/h4-5,7-8,12H,2-3,6,9-10H2,1H3. The van der Waals surface area contributed by atoms with Crippen LogP contribution < -0.4 is 4.74 Å². The van der Waals surface area contributed by atoms with Crippen LogP contribution in [0.25, 0.3) is 6.08 Å². The fourth-order valence-corrected chi connectivity index (χ4v) is 3.51. The number of carbonyl (C=O) groups is 1. The average Bonchev–Trinajstić information content (AvgIpc) is 3.07. The van der Waals surface area contributed by atoms with Gasteiger partial charge in [-0.1, -0.05) is 16.8 Å². The monoisotopic (exact) mass is 359 g/mol. The van der Waals surface area contributed by atoms with Crippen molar-refractivity contribution in [3.05, 3.63) is 46.1 Å². The van der Waals surface area contributed by atoms with Crippen LogP contribution in [0.1, 0.15) is 36.0 Å². The van der Waals surface area contributed by atoms with Crippen molar-refractivity contribution in [2.75, 3.05) is 19.7 Å². The molecule has 1 amide bonds. The number of piperidine rings is 1. The van der Waals surface area contributed by atoms with E-state index in [4.69, 9.17) is 20.9 Å². The Balaban J connectivity index is 1.52. The molecule has 1 fully saturated rings. The van der Waals surface area contributed by atoms with Crippen molar-refractivity contribution < 1.29 is 14.1 Å². The van der Waals surface area contributed by atoms with Gasteiger partial charge < -0.3 is 14.2 Å². The van der Waals surface area contributed by atoms with Gasteiger partial charge in [0.05, 0.1) is 5.57 Å². The first-order valence-corrected chi connectivity index (χ1v) is 8.70. The number of hydrogen-bond acceptors (Lipinski definition) is 5. The Hall–Kier alpha value is -2.34. The summed E-state index contributed by atoms with van der Waals surface area (Å²) in [5, 5.41) is 4.63. The summed E-state index contributed by atoms with van der Waals surface area (Å²) in [6.45, 7) is 3.37. The predicted molar refractivity (Wildman–Crippen MR) is 92.5 cm³/mol. The van der Waals surface area contributed by atoms with Crippen molar-refractivity contribution in [1.29, 1.82) is 0 Å². The SMILES string of the molecule is Cc1nc(C2CCCN(C(=O)C3=Cc4cc(Cl)ccc4OC3)C2)no1. The second-order valence-corrected chi connectivity index (χ2v) is 6.84. The quantitative estimate of drug-likeness (QED) is 0.823. The largest absolute Gasteiger partial charge is 0.488 e. The molecule has 1 atom stereocenters. The van der Waals surface area contributed by atoms with Gasteiger partial charge in [0, 0.05) is 36.5 Å². The van der Waals surface area contributed by atoms with Crippen molar-refractivity contribution >= 4 is 23.6 Å². The fourth-order valence-electron chi connectivity index (χ4n) is 3.33. The number of hydrogen-bond donors (Lipinski definition) is 0. The van der Waals surface area contributed by atoms with E-state index in [9.17, 15) is 4.79 Å². The average molecular weight is 360 g/mol. The first-order valence-electron chi connectivity index (χ1n) is 8.32. The molecule has 0 saturated carbocycles. The number of ether oxygens (including phenoxy) is 1. The van der Waals surface area contributed by atoms with E-state index < -0.39 is 0 Å². The first kappa shape index (κ1) is 16.1. The zero-order valence-corrected chi connectivity index (χ0v) is 14.6. The number of halogens is 1. The van der Waals surface area contributed by atoms with E-state index >= 15 is 0 Å². The highest BCUT2D eigenvalue weighted by Crippen LogP contribution is 2.31. The molecule has 6 nitrogen and oxygen atoms in total. The molecule has 2 aliphatic rings. The maximum atomic E-state index is 12.9. The van der Waals surface area contributed by atoms with Crippen LogP contribution in [0.2, 0.25) is 5.02 Å². The van der Waals surface area contributed by atoms with Gasteiger partial charge >= 0.3 is 0 Å². The van der Waals surface area contributed by atoms with Crippen LogP contribution in [0, 0.1) is 6.92 Å². The van der Waals surface area contributed by atoms with Crippen LogP contribution in [-0.2, 0) is 4.79 Å². The Kier molecular flexibility index (Phi) is 4.21. The molecular formula is C18H18ClN3O3. The van der Waals surface area contributed by atoms with Gasteiger partial charge in [-0.2, -0.15) is 4.98 Å². The molecule has 0 N–H and O–H groups in total. The molecule has 3 heterocycles. The van der Waals surface area contributed by atoms with Gasteiger partial charge in [0.25, 0.3) is 5.91 Å². The lowest BCUT2D eigenvalue weighted by Crippen LogP contribution is -2.41. The van der Waals surface area contributed by atoms with Crippen LogP contribution in [0.3, 0.4) is 0 Å². The third-order valence-corrected chi connectivity index (χ3v) is 4.81. The Labute approximate surface area is 150 Å². The number of benzene rings is 1. The summed E-state index contributed by atoms with van der Waals surface area (Å²) < 4.78 is 10.8. The Morgan fingerprint density at radius 1 is 1.40 bits per heavy atom. The van der Waals surface area contributed by atoms with E-state index in [1.807, 2.05) is 23.1 Å². The van der Waals surface area contributed by atoms with E-state index in [0.717, 1.165) is 30.7 Å². The van der Waals surface area contributed by atoms with Crippen molar-refractivity contribution in [2.24, 2.45) is 0 Å². The van der Waals surface area contributed by atoms with Gasteiger partial charge in [-0.25, -0.2) is 0 Å². The van der Waals surface area contributed by atoms with Gasteiger partial charge in [-0.3, -0.25) is 4.79 Å². The molecule has 7 heteroatoms. The van der Waals surface area contributed by atoms with E-state index in [1.54, 1.807) is 13.0 Å². The molecule has 4 rings (SSSR count). The zero-order valence-electron chi connectivity index (χ0n) is 13.9. The van der Waals surface area contributed by atoms with Crippen molar-refractivity contribution in [1.82, 2.24) is 15.0 Å². The second-order valence-electron chi connectivity index (χ2n) is 6.40. The lowest BCUT2D eigenvalue weighted by atomic mass is 9.96. The molecular weight excluding hydrogens is 342 g/mol. The number of nitrogens with zero attached hydrogens (tertiary/aromatic N) is 3. The van der Waals surface area contributed by atoms with Gasteiger partial charge in [-0.15, -0.1) is 0 Å². The van der Waals surface area contributed by atoms with E-state index in [2.05, 4.69) is 10.1 Å². The summed E-state index contributed by atoms with van der Waals surface area (Å²) in [5.74, 6) is 2.09. The molecule has 2 aliphatic heterocycles. The minimum absolute atomic E-state index is 0.00413. The highest BCUT2D eigenvalue weighted by molar-refractivity contribution is 6.30. The highest BCUT2D eigenvalue weighted by Gasteiger charge is 2.30. The van der Waals surface area contributed by atoms with Gasteiger partial charge in [0.2, 0.25) is 5.89 Å². The number of likely N-dealkylation sites (tertiary alicyclic amines) is 1. The topological polar surface area (TPSA) is 68.5 Å². The lowest BCUT2D eigenvalue weighted by molar-refractivity contribution is -0.128. The third kappa shape index (κ3) is 3.26. The summed E-state index contributed by atoms with van der Waals surface area (Å²) in [4.78, 5) is 19.1. The number of rotatable bonds is 2. The smallest absolute Gasteiger partial charge is 0.253 e. The van der Waals surface area contributed by atoms with Crippen molar-refractivity contribution in [3.63, 3.8) is 0 Å². The van der Waals surface area contributed by atoms with Crippen LogP contribution >= 0.6 is 11.6 Å². The van der Waals surface area contributed by atoms with Gasteiger partial charge in [0.15, 0.2) is 5.82 Å². The maximum absolute atomic E-state index is 12.9. The minimum Gasteiger partial charge on any atom is -0.488 e. The molecule has 1 unspecified atom stereocenters. The summed E-state index contributed by atoms with van der Waals surface area (Å²) in [7, 11) is 0. The summed E-state index contributed by atoms with van der Waals surface area (Å²) in [5.41, 5.74) is 1.48. The van der Waals surface area contributed by atoms with E-state index in [0.29, 0.717) is 28.9 Å². The van der Waals surface area contributed by atoms with Crippen molar-refractivity contribution in [2.45, 2.75) is 25.7 Å². The molecule has 0 spiro atoms. The molecule has 25 heavy (non-hydrogen) atoms. The molecule has 130 valence electrons. The molecule has 0 aliphatic carbocycles. The third-order valence-electron chi connectivity index (χ3n) is 4.58. The van der Waals surface area contributed by atoms with Gasteiger partial charge in [-0.05, 0) is 37.1 Å². The maximum Gasteiger partial charge on any atom is 0.253 e. The summed E-state index contributed by atoms with van der Waals surface area (Å²) >= 11 is 6.04. The van der Waals surface area contributed by atoms with Crippen LogP contribution in [0.15, 0.2) is 28.3 Å². The highest BCUT2D eigenvalue weighted by atomic mass is 35.5. The number of carbonyl (C=O) groups excluding carboxylic acids is 1. The number of amides is 1. The fraction of sp³-hybridized carbons (Fsp3) is 0.389.